The molecular formula is C11H20N2OS. The summed E-state index contributed by atoms with van der Waals surface area (Å²) in [6.45, 7) is 7.79. The van der Waals surface area contributed by atoms with Crippen LogP contribution in [0.4, 0.5) is 0 Å². The molecular weight excluding hydrogens is 208 g/mol. The number of hydrogen-bond donors (Lipinski definition) is 1. The Bertz CT molecular complexity index is 263. The van der Waals surface area contributed by atoms with Crippen molar-refractivity contribution in [2.45, 2.75) is 33.2 Å². The first kappa shape index (κ1) is 12.6. The molecule has 3 nitrogen and oxygen atoms in total. The summed E-state index contributed by atoms with van der Waals surface area (Å²) in [7, 11) is 0. The second kappa shape index (κ2) is 7.79. The lowest BCUT2D eigenvalue weighted by Crippen LogP contribution is -2.14. The minimum atomic E-state index is 0.827. The lowest BCUT2D eigenvalue weighted by Gasteiger charge is -2.03. The van der Waals surface area contributed by atoms with Crippen LogP contribution < -0.4 is 5.32 Å². The molecule has 4 heteroatoms. The number of aryl methyl sites for hydroxylation is 1. The van der Waals surface area contributed by atoms with Gasteiger partial charge in [0, 0.05) is 30.8 Å². The molecule has 0 saturated heterocycles. The van der Waals surface area contributed by atoms with Crippen LogP contribution in [0, 0.1) is 6.92 Å². The van der Waals surface area contributed by atoms with E-state index in [0.29, 0.717) is 0 Å². The Morgan fingerprint density at radius 3 is 3.00 bits per heavy atom. The Kier molecular flexibility index (Phi) is 6.55. The van der Waals surface area contributed by atoms with Gasteiger partial charge in [-0.05, 0) is 33.2 Å². The maximum atomic E-state index is 5.27. The van der Waals surface area contributed by atoms with Gasteiger partial charge in [0.05, 0.1) is 5.01 Å². The lowest BCUT2D eigenvalue weighted by atomic mass is 10.3. The second-order valence-electron chi connectivity index (χ2n) is 3.43. The number of unbranched alkanes of at least 4 members (excludes halogenated alkanes) is 1. The molecule has 0 aliphatic carbocycles. The molecule has 0 spiro atoms. The molecule has 0 amide bonds. The van der Waals surface area contributed by atoms with E-state index in [-0.39, 0.29) is 0 Å². The minimum Gasteiger partial charge on any atom is -0.382 e. The number of nitrogens with zero attached hydrogens (tertiary/aromatic N) is 1. The summed E-state index contributed by atoms with van der Waals surface area (Å²) in [4.78, 5) is 5.53. The van der Waals surface area contributed by atoms with Gasteiger partial charge in [0.1, 0.15) is 0 Å². The molecule has 0 radical (unpaired) electrons. The summed E-state index contributed by atoms with van der Waals surface area (Å²) in [6.07, 6.45) is 4.27. The molecule has 0 fully saturated rings. The SMILES string of the molecule is CCOCCCCNCc1cnc(C)s1. The molecule has 0 saturated carbocycles. The van der Waals surface area contributed by atoms with E-state index >= 15 is 0 Å². The van der Waals surface area contributed by atoms with Gasteiger partial charge in [0.2, 0.25) is 0 Å². The van der Waals surface area contributed by atoms with E-state index in [9.17, 15) is 0 Å². The van der Waals surface area contributed by atoms with E-state index in [4.69, 9.17) is 4.74 Å². The first-order valence-corrected chi connectivity index (χ1v) is 6.34. The van der Waals surface area contributed by atoms with Gasteiger partial charge in [-0.1, -0.05) is 0 Å². The van der Waals surface area contributed by atoms with Gasteiger partial charge in [-0.2, -0.15) is 0 Å². The highest BCUT2D eigenvalue weighted by atomic mass is 32.1. The van der Waals surface area contributed by atoms with Crippen LogP contribution >= 0.6 is 11.3 Å². The van der Waals surface area contributed by atoms with Crippen LogP contribution in [0.5, 0.6) is 0 Å². The Morgan fingerprint density at radius 2 is 2.33 bits per heavy atom. The van der Waals surface area contributed by atoms with E-state index in [2.05, 4.69) is 10.3 Å². The maximum Gasteiger partial charge on any atom is 0.0897 e. The zero-order chi connectivity index (χ0) is 10.9. The van der Waals surface area contributed by atoms with Crippen LogP contribution in [-0.2, 0) is 11.3 Å². The third-order valence-electron chi connectivity index (χ3n) is 2.06. The Morgan fingerprint density at radius 1 is 1.47 bits per heavy atom. The first-order chi connectivity index (χ1) is 7.33. The summed E-state index contributed by atoms with van der Waals surface area (Å²) in [5.41, 5.74) is 0. The quantitative estimate of drug-likeness (QED) is 0.694. The van der Waals surface area contributed by atoms with Crippen molar-refractivity contribution in [2.24, 2.45) is 0 Å². The van der Waals surface area contributed by atoms with E-state index in [1.54, 1.807) is 11.3 Å². The van der Waals surface area contributed by atoms with Gasteiger partial charge in [-0.3, -0.25) is 0 Å². The largest absolute Gasteiger partial charge is 0.382 e. The van der Waals surface area contributed by atoms with Crippen molar-refractivity contribution in [2.75, 3.05) is 19.8 Å². The summed E-state index contributed by atoms with van der Waals surface area (Å²) >= 11 is 1.76. The molecule has 0 aliphatic heterocycles. The van der Waals surface area contributed by atoms with E-state index in [1.165, 1.54) is 11.3 Å². The highest BCUT2D eigenvalue weighted by Crippen LogP contribution is 2.10. The molecule has 0 atom stereocenters. The summed E-state index contributed by atoms with van der Waals surface area (Å²) in [6, 6.07) is 0. The minimum absolute atomic E-state index is 0.827. The Balaban J connectivity index is 1.93. The summed E-state index contributed by atoms with van der Waals surface area (Å²) in [5.74, 6) is 0. The second-order valence-corrected chi connectivity index (χ2v) is 4.75. The van der Waals surface area contributed by atoms with Gasteiger partial charge in [0.25, 0.3) is 0 Å². The van der Waals surface area contributed by atoms with E-state index in [0.717, 1.165) is 37.7 Å². The Hall–Kier alpha value is -0.450. The average Bonchev–Trinajstić information content (AvgIpc) is 2.63. The molecule has 86 valence electrons. The predicted octanol–water partition coefficient (Wildman–Crippen LogP) is 2.36. The smallest absolute Gasteiger partial charge is 0.0897 e. The number of thiazole rings is 1. The monoisotopic (exact) mass is 228 g/mol. The number of rotatable bonds is 8. The lowest BCUT2D eigenvalue weighted by molar-refractivity contribution is 0.143. The highest BCUT2D eigenvalue weighted by Gasteiger charge is 1.96. The van der Waals surface area contributed by atoms with Gasteiger partial charge >= 0.3 is 0 Å². The van der Waals surface area contributed by atoms with Crippen LogP contribution in [0.15, 0.2) is 6.20 Å². The molecule has 1 heterocycles. The van der Waals surface area contributed by atoms with Crippen molar-refractivity contribution >= 4 is 11.3 Å². The molecule has 1 rings (SSSR count). The maximum absolute atomic E-state index is 5.27. The number of nitrogens with one attached hydrogen (secondary N) is 1. The van der Waals surface area contributed by atoms with Crippen molar-refractivity contribution in [1.29, 1.82) is 0 Å². The van der Waals surface area contributed by atoms with Crippen LogP contribution in [0.3, 0.4) is 0 Å². The van der Waals surface area contributed by atoms with E-state index < -0.39 is 0 Å². The molecule has 0 unspecified atom stereocenters. The molecule has 1 N–H and O–H groups in total. The van der Waals surface area contributed by atoms with E-state index in [1.807, 2.05) is 20.0 Å². The third-order valence-corrected chi connectivity index (χ3v) is 2.98. The standard InChI is InChI=1S/C11H20N2OS/c1-3-14-7-5-4-6-12-8-11-9-13-10(2)15-11/h9,12H,3-8H2,1-2H3. The van der Waals surface area contributed by atoms with Gasteiger partial charge in [0.15, 0.2) is 0 Å². The third kappa shape index (κ3) is 5.87. The molecule has 0 aliphatic rings. The van der Waals surface area contributed by atoms with Gasteiger partial charge < -0.3 is 10.1 Å². The van der Waals surface area contributed by atoms with Crippen LogP contribution in [0.2, 0.25) is 0 Å². The van der Waals surface area contributed by atoms with Crippen molar-refractivity contribution in [3.63, 3.8) is 0 Å². The predicted molar refractivity (Wildman–Crippen MR) is 64.3 cm³/mol. The topological polar surface area (TPSA) is 34.1 Å². The summed E-state index contributed by atoms with van der Waals surface area (Å²) < 4.78 is 5.27. The number of hydrogen-bond acceptors (Lipinski definition) is 4. The van der Waals surface area contributed by atoms with Crippen molar-refractivity contribution in [3.8, 4) is 0 Å². The van der Waals surface area contributed by atoms with Crippen molar-refractivity contribution in [3.05, 3.63) is 16.1 Å². The molecule has 1 aromatic heterocycles. The fourth-order valence-corrected chi connectivity index (χ4v) is 2.06. The molecule has 1 aromatic rings. The zero-order valence-corrected chi connectivity index (χ0v) is 10.4. The first-order valence-electron chi connectivity index (χ1n) is 5.52. The van der Waals surface area contributed by atoms with Crippen LogP contribution in [-0.4, -0.2) is 24.7 Å². The number of ether oxygens (including phenoxy) is 1. The molecule has 15 heavy (non-hydrogen) atoms. The van der Waals surface area contributed by atoms with Gasteiger partial charge in [-0.15, -0.1) is 11.3 Å². The molecule has 0 aromatic carbocycles. The number of aromatic nitrogens is 1. The highest BCUT2D eigenvalue weighted by molar-refractivity contribution is 7.11. The fourth-order valence-electron chi connectivity index (χ4n) is 1.30. The van der Waals surface area contributed by atoms with Crippen LogP contribution in [0.25, 0.3) is 0 Å². The molecule has 0 bridgehead atoms. The van der Waals surface area contributed by atoms with Gasteiger partial charge in [-0.25, -0.2) is 4.98 Å². The van der Waals surface area contributed by atoms with Crippen molar-refractivity contribution < 1.29 is 4.74 Å². The average molecular weight is 228 g/mol. The normalized spacial score (nSPS) is 10.8. The summed E-state index contributed by atoms with van der Waals surface area (Å²) in [5, 5.41) is 4.55. The van der Waals surface area contributed by atoms with Crippen molar-refractivity contribution in [1.82, 2.24) is 10.3 Å². The fraction of sp³-hybridized carbons (Fsp3) is 0.727. The Labute approximate surface area is 95.9 Å². The van der Waals surface area contributed by atoms with Crippen LogP contribution in [0.1, 0.15) is 29.7 Å². The zero-order valence-electron chi connectivity index (χ0n) is 9.58.